The number of hydrogen-bond acceptors (Lipinski definition) is 5. The molecule has 2 bridgehead atoms. The van der Waals surface area contributed by atoms with Gasteiger partial charge < -0.3 is 15.5 Å². The van der Waals surface area contributed by atoms with E-state index in [1.165, 1.54) is 32.6 Å². The maximum atomic E-state index is 13.0. The number of fused-ring (bicyclic) bond motifs is 2. The molecule has 2 saturated carbocycles. The highest BCUT2D eigenvalue weighted by molar-refractivity contribution is 8.16. The Morgan fingerprint density at radius 2 is 1.85 bits per heavy atom. The van der Waals surface area contributed by atoms with Crippen molar-refractivity contribution in [1.29, 1.82) is 0 Å². The fourth-order valence-electron chi connectivity index (χ4n) is 6.06. The summed E-state index contributed by atoms with van der Waals surface area (Å²) in [6.07, 6.45) is 6.71. The number of carbonyl (C=O) groups is 3. The zero-order valence-electron chi connectivity index (χ0n) is 19.3. The molecular weight excluding hydrogens is 436 g/mol. The first kappa shape index (κ1) is 22.4. The molecule has 0 spiro atoms. The van der Waals surface area contributed by atoms with Crippen molar-refractivity contribution >= 4 is 40.3 Å². The standard InChI is InChI=1S/C25H32N4O3S/c1-15(30)26-20-7-5-17(6-8-20)22(31)29-11-9-19(10-12-29)25(2)23(32)28-24(33-25)27-21-14-16-3-4-18(21)13-16/h5-8,16,18-19,21H,3-4,9-14H2,1-2H3,(H,26,30)(H,27,28,32)/t16-,18?,21+,25?/m1/s1. The second-order valence-electron chi connectivity index (χ2n) is 10.2. The number of piperidine rings is 1. The Balaban J connectivity index is 1.18. The summed E-state index contributed by atoms with van der Waals surface area (Å²) in [5.74, 6) is 1.67. The zero-order valence-corrected chi connectivity index (χ0v) is 20.1. The molecule has 3 amide bonds. The number of aliphatic imine (C=N–C) groups is 1. The Labute approximate surface area is 199 Å². The fraction of sp³-hybridized carbons (Fsp3) is 0.600. The van der Waals surface area contributed by atoms with Gasteiger partial charge in [0.1, 0.15) is 4.75 Å². The van der Waals surface area contributed by atoms with Crippen molar-refractivity contribution in [2.45, 2.75) is 63.2 Å². The van der Waals surface area contributed by atoms with Crippen LogP contribution in [0.4, 0.5) is 5.69 Å². The van der Waals surface area contributed by atoms with Gasteiger partial charge in [0.2, 0.25) is 11.8 Å². The van der Waals surface area contributed by atoms with Gasteiger partial charge in [-0.15, -0.1) is 0 Å². The summed E-state index contributed by atoms with van der Waals surface area (Å²) < 4.78 is -0.522. The van der Waals surface area contributed by atoms with Gasteiger partial charge in [-0.2, -0.15) is 0 Å². The first-order valence-electron chi connectivity index (χ1n) is 12.1. The summed E-state index contributed by atoms with van der Waals surface area (Å²) in [6, 6.07) is 7.38. The maximum Gasteiger partial charge on any atom is 0.253 e. The van der Waals surface area contributed by atoms with E-state index in [0.29, 0.717) is 36.3 Å². The van der Waals surface area contributed by atoms with E-state index in [4.69, 9.17) is 4.99 Å². The summed E-state index contributed by atoms with van der Waals surface area (Å²) in [5.41, 5.74) is 1.29. The molecule has 4 aliphatic rings. The second kappa shape index (κ2) is 8.78. The minimum atomic E-state index is -0.522. The van der Waals surface area contributed by atoms with Crippen molar-refractivity contribution in [2.24, 2.45) is 22.7 Å². The summed E-state index contributed by atoms with van der Waals surface area (Å²) in [6.45, 7) is 4.78. The molecule has 5 rings (SSSR count). The lowest BCUT2D eigenvalue weighted by Gasteiger charge is -2.38. The number of amidine groups is 1. The van der Waals surface area contributed by atoms with E-state index in [2.05, 4.69) is 10.6 Å². The van der Waals surface area contributed by atoms with Crippen LogP contribution in [0.15, 0.2) is 29.3 Å². The number of benzene rings is 1. The third-order valence-electron chi connectivity index (χ3n) is 7.98. The van der Waals surface area contributed by atoms with Crippen molar-refractivity contribution in [3.8, 4) is 0 Å². The SMILES string of the molecule is CC(=O)Nc1ccc(C(=O)N2CCC(C3(C)SC(=N[C@H]4C[C@@H]5CCC4C5)NC3=O)CC2)cc1. The monoisotopic (exact) mass is 468 g/mol. The number of likely N-dealkylation sites (tertiary alicyclic amines) is 1. The molecule has 1 aromatic rings. The van der Waals surface area contributed by atoms with E-state index < -0.39 is 4.75 Å². The summed E-state index contributed by atoms with van der Waals surface area (Å²) in [7, 11) is 0. The van der Waals surface area contributed by atoms with Crippen LogP contribution < -0.4 is 10.6 Å². The van der Waals surface area contributed by atoms with Crippen molar-refractivity contribution in [1.82, 2.24) is 10.2 Å². The maximum absolute atomic E-state index is 13.0. The second-order valence-corrected chi connectivity index (χ2v) is 11.6. The lowest BCUT2D eigenvalue weighted by Crippen LogP contribution is -2.47. The van der Waals surface area contributed by atoms with Crippen LogP contribution in [0.1, 0.15) is 62.7 Å². The van der Waals surface area contributed by atoms with Gasteiger partial charge in [-0.3, -0.25) is 19.4 Å². The molecule has 2 aliphatic heterocycles. The average Bonchev–Trinajstić information content (AvgIpc) is 3.49. The smallest absolute Gasteiger partial charge is 0.253 e. The Bertz CT molecular complexity index is 986. The molecular formula is C25H32N4O3S. The van der Waals surface area contributed by atoms with Crippen LogP contribution in [0.2, 0.25) is 0 Å². The number of nitrogens with zero attached hydrogens (tertiary/aromatic N) is 2. The predicted octanol–water partition coefficient (Wildman–Crippen LogP) is 3.66. The first-order valence-corrected chi connectivity index (χ1v) is 12.9. The van der Waals surface area contributed by atoms with Crippen molar-refractivity contribution < 1.29 is 14.4 Å². The van der Waals surface area contributed by atoms with Gasteiger partial charge in [0, 0.05) is 31.3 Å². The largest absolute Gasteiger partial charge is 0.339 e. The molecule has 4 fully saturated rings. The van der Waals surface area contributed by atoms with E-state index in [9.17, 15) is 14.4 Å². The predicted molar refractivity (Wildman–Crippen MR) is 130 cm³/mol. The third kappa shape index (κ3) is 4.42. The molecule has 0 aromatic heterocycles. The van der Waals surface area contributed by atoms with Crippen molar-refractivity contribution in [2.75, 3.05) is 18.4 Å². The Morgan fingerprint density at radius 3 is 2.45 bits per heavy atom. The minimum absolute atomic E-state index is 0.00459. The number of anilines is 1. The molecule has 2 N–H and O–H groups in total. The van der Waals surface area contributed by atoms with Gasteiger partial charge in [0.25, 0.3) is 5.91 Å². The molecule has 2 aliphatic carbocycles. The molecule has 2 unspecified atom stereocenters. The molecule has 33 heavy (non-hydrogen) atoms. The molecule has 8 heteroatoms. The number of amides is 3. The van der Waals surface area contributed by atoms with E-state index in [1.807, 2.05) is 11.8 Å². The van der Waals surface area contributed by atoms with Crippen LogP contribution in [0.5, 0.6) is 0 Å². The van der Waals surface area contributed by atoms with E-state index in [1.54, 1.807) is 36.0 Å². The first-order chi connectivity index (χ1) is 15.8. The molecule has 7 nitrogen and oxygen atoms in total. The Kier molecular flexibility index (Phi) is 5.97. The van der Waals surface area contributed by atoms with E-state index in [-0.39, 0.29) is 23.6 Å². The quantitative estimate of drug-likeness (QED) is 0.706. The fourth-order valence-corrected chi connectivity index (χ4v) is 7.34. The molecule has 0 radical (unpaired) electrons. The molecule has 1 aromatic carbocycles. The van der Waals surface area contributed by atoms with Gasteiger partial charge in [0.15, 0.2) is 5.17 Å². The van der Waals surface area contributed by atoms with E-state index >= 15 is 0 Å². The topological polar surface area (TPSA) is 90.9 Å². The molecule has 2 saturated heterocycles. The molecule has 176 valence electrons. The number of thioether (sulfide) groups is 1. The lowest BCUT2D eigenvalue weighted by atomic mass is 9.84. The van der Waals surface area contributed by atoms with E-state index in [0.717, 1.165) is 23.9 Å². The number of hydrogen-bond donors (Lipinski definition) is 2. The van der Waals surface area contributed by atoms with Crippen LogP contribution in [0.25, 0.3) is 0 Å². The highest BCUT2D eigenvalue weighted by Crippen LogP contribution is 2.48. The minimum Gasteiger partial charge on any atom is -0.339 e. The summed E-state index contributed by atoms with van der Waals surface area (Å²) in [4.78, 5) is 43.9. The Morgan fingerprint density at radius 1 is 1.12 bits per heavy atom. The van der Waals surface area contributed by atoms with Crippen LogP contribution in [0.3, 0.4) is 0 Å². The lowest BCUT2D eigenvalue weighted by molar-refractivity contribution is -0.122. The molecule has 2 heterocycles. The average molecular weight is 469 g/mol. The number of nitrogens with one attached hydrogen (secondary N) is 2. The highest BCUT2D eigenvalue weighted by Gasteiger charge is 2.50. The van der Waals surface area contributed by atoms with Crippen LogP contribution in [0, 0.1) is 17.8 Å². The van der Waals surface area contributed by atoms with Crippen molar-refractivity contribution in [3.63, 3.8) is 0 Å². The van der Waals surface area contributed by atoms with Gasteiger partial charge in [-0.1, -0.05) is 18.2 Å². The van der Waals surface area contributed by atoms with Gasteiger partial charge in [-0.25, -0.2) is 0 Å². The third-order valence-corrected chi connectivity index (χ3v) is 9.32. The Hall–Kier alpha value is -2.35. The number of rotatable bonds is 4. The number of carbonyl (C=O) groups excluding carboxylic acids is 3. The highest BCUT2D eigenvalue weighted by atomic mass is 32.2. The van der Waals surface area contributed by atoms with Crippen LogP contribution in [-0.4, -0.2) is 51.7 Å². The summed E-state index contributed by atoms with van der Waals surface area (Å²) in [5, 5.41) is 6.59. The van der Waals surface area contributed by atoms with Crippen molar-refractivity contribution in [3.05, 3.63) is 29.8 Å². The normalized spacial score (nSPS) is 32.9. The van der Waals surface area contributed by atoms with Gasteiger partial charge in [0.05, 0.1) is 6.04 Å². The summed E-state index contributed by atoms with van der Waals surface area (Å²) >= 11 is 1.61. The van der Waals surface area contributed by atoms with Crippen LogP contribution in [-0.2, 0) is 9.59 Å². The molecule has 4 atom stereocenters. The van der Waals surface area contributed by atoms with Gasteiger partial charge >= 0.3 is 0 Å². The van der Waals surface area contributed by atoms with Crippen LogP contribution >= 0.6 is 11.8 Å². The zero-order chi connectivity index (χ0) is 23.2. The van der Waals surface area contributed by atoms with Gasteiger partial charge in [-0.05, 0) is 81.0 Å².